The molecule has 1 fully saturated rings. The van der Waals surface area contributed by atoms with E-state index in [0.29, 0.717) is 30.2 Å². The number of hydrogen-bond acceptors (Lipinski definition) is 7. The lowest BCUT2D eigenvalue weighted by Crippen LogP contribution is -2.36. The number of nitrogens with one attached hydrogen (secondary N) is 1. The third kappa shape index (κ3) is 3.11. The van der Waals surface area contributed by atoms with Crippen molar-refractivity contribution in [3.8, 4) is 6.07 Å². The topological polar surface area (TPSA) is 90.6 Å². The van der Waals surface area contributed by atoms with E-state index >= 15 is 0 Å². The highest BCUT2D eigenvalue weighted by Crippen LogP contribution is 2.26. The number of halogens is 1. The van der Waals surface area contributed by atoms with Gasteiger partial charge in [-0.15, -0.1) is 10.2 Å². The van der Waals surface area contributed by atoms with Gasteiger partial charge in [0.15, 0.2) is 11.6 Å². The summed E-state index contributed by atoms with van der Waals surface area (Å²) in [5.41, 5.74) is 2.00. The van der Waals surface area contributed by atoms with E-state index in [4.69, 9.17) is 0 Å². The summed E-state index contributed by atoms with van der Waals surface area (Å²) in [5.74, 6) is 1.08. The number of nitrogens with zero attached hydrogens (tertiary/aromatic N) is 6. The monoisotopic (exact) mass is 327 g/mol. The molecule has 0 aliphatic carbocycles. The van der Waals surface area contributed by atoms with Gasteiger partial charge in [-0.25, -0.2) is 4.39 Å². The first kappa shape index (κ1) is 16.1. The van der Waals surface area contributed by atoms with Crippen molar-refractivity contribution in [2.24, 2.45) is 0 Å². The molecule has 2 aromatic heterocycles. The Kier molecular flexibility index (Phi) is 4.51. The molecule has 1 aliphatic rings. The summed E-state index contributed by atoms with van der Waals surface area (Å²) in [5, 5.41) is 28.5. The van der Waals surface area contributed by atoms with Crippen LogP contribution in [0.5, 0.6) is 0 Å². The second-order valence-electron chi connectivity index (χ2n) is 5.85. The molecule has 3 heterocycles. The lowest BCUT2D eigenvalue weighted by atomic mass is 10.1. The Balaban J connectivity index is 1.76. The van der Waals surface area contributed by atoms with Gasteiger partial charge >= 0.3 is 0 Å². The minimum absolute atomic E-state index is 0.0911. The van der Waals surface area contributed by atoms with E-state index in [2.05, 4.69) is 31.8 Å². The van der Waals surface area contributed by atoms with Gasteiger partial charge in [0.05, 0.1) is 18.3 Å². The minimum atomic E-state index is -0.917. The van der Waals surface area contributed by atoms with Gasteiger partial charge < -0.3 is 10.2 Å². The second kappa shape index (κ2) is 6.74. The molecule has 24 heavy (non-hydrogen) atoms. The molecule has 2 aromatic rings. The summed E-state index contributed by atoms with van der Waals surface area (Å²) in [7, 11) is 0. The molecule has 0 unspecified atom stereocenters. The van der Waals surface area contributed by atoms with Gasteiger partial charge in [0, 0.05) is 19.2 Å². The zero-order valence-corrected chi connectivity index (χ0v) is 13.6. The maximum absolute atomic E-state index is 13.9. The van der Waals surface area contributed by atoms with Crippen LogP contribution in [-0.4, -0.2) is 45.7 Å². The number of aromatic nitrogens is 4. The highest BCUT2D eigenvalue weighted by molar-refractivity contribution is 5.56. The fourth-order valence-electron chi connectivity index (χ4n) is 2.86. The van der Waals surface area contributed by atoms with Crippen molar-refractivity contribution in [3.05, 3.63) is 35.2 Å². The van der Waals surface area contributed by atoms with E-state index in [1.807, 2.05) is 24.8 Å². The molecule has 0 spiro atoms. The van der Waals surface area contributed by atoms with Gasteiger partial charge in [0.2, 0.25) is 0 Å². The Morgan fingerprint density at radius 1 is 1.38 bits per heavy atom. The van der Waals surface area contributed by atoms with E-state index in [1.165, 1.54) is 0 Å². The number of hydrogen-bond donors (Lipinski definition) is 1. The van der Waals surface area contributed by atoms with Gasteiger partial charge in [-0.1, -0.05) is 0 Å². The molecular formula is C16H18FN7. The Labute approximate surface area is 139 Å². The molecule has 1 saturated heterocycles. The zero-order chi connectivity index (χ0) is 17.1. The van der Waals surface area contributed by atoms with E-state index in [0.717, 1.165) is 11.3 Å². The van der Waals surface area contributed by atoms with Crippen LogP contribution in [-0.2, 0) is 0 Å². The van der Waals surface area contributed by atoms with Crippen molar-refractivity contribution in [1.29, 1.82) is 5.26 Å². The molecule has 0 bridgehead atoms. The SMILES string of the molecule is Cc1nnc(NC[C@@H]2C[C@H](F)CN2c2cccnn2)c(C#N)c1C. The summed E-state index contributed by atoms with van der Waals surface area (Å²) in [6, 6.07) is 5.66. The fourth-order valence-corrected chi connectivity index (χ4v) is 2.86. The number of anilines is 2. The smallest absolute Gasteiger partial charge is 0.167 e. The Bertz CT molecular complexity index is 759. The predicted molar refractivity (Wildman–Crippen MR) is 87.4 cm³/mol. The average molecular weight is 327 g/mol. The van der Waals surface area contributed by atoms with Crippen LogP contribution < -0.4 is 10.2 Å². The molecule has 1 N–H and O–H groups in total. The number of alkyl halides is 1. The average Bonchev–Trinajstić information content (AvgIpc) is 2.97. The molecule has 2 atom stereocenters. The normalized spacial score (nSPS) is 20.0. The van der Waals surface area contributed by atoms with E-state index < -0.39 is 6.17 Å². The fraction of sp³-hybridized carbons (Fsp3) is 0.438. The molecule has 0 amide bonds. The quantitative estimate of drug-likeness (QED) is 0.915. The molecule has 3 rings (SSSR count). The molecule has 0 saturated carbocycles. The second-order valence-corrected chi connectivity index (χ2v) is 5.85. The Morgan fingerprint density at radius 3 is 2.92 bits per heavy atom. The lowest BCUT2D eigenvalue weighted by Gasteiger charge is -2.25. The van der Waals surface area contributed by atoms with E-state index in [-0.39, 0.29) is 12.6 Å². The Hall–Kier alpha value is -2.82. The third-order valence-corrected chi connectivity index (χ3v) is 4.29. The number of rotatable bonds is 4. The van der Waals surface area contributed by atoms with Crippen LogP contribution in [0.2, 0.25) is 0 Å². The van der Waals surface area contributed by atoms with Crippen LogP contribution in [0.1, 0.15) is 23.2 Å². The van der Waals surface area contributed by atoms with Gasteiger partial charge in [0.25, 0.3) is 0 Å². The van der Waals surface area contributed by atoms with Gasteiger partial charge in [-0.2, -0.15) is 15.5 Å². The number of nitriles is 1. The molecule has 124 valence electrons. The molecule has 1 aliphatic heterocycles. The molecule has 0 radical (unpaired) electrons. The maximum atomic E-state index is 13.9. The summed E-state index contributed by atoms with van der Waals surface area (Å²) < 4.78 is 13.9. The summed E-state index contributed by atoms with van der Waals surface area (Å²) in [6.07, 6.45) is 1.06. The van der Waals surface area contributed by atoms with Crippen LogP contribution in [0.4, 0.5) is 16.0 Å². The molecule has 0 aromatic carbocycles. The van der Waals surface area contributed by atoms with Crippen molar-refractivity contribution in [2.75, 3.05) is 23.3 Å². The molecule has 8 heteroatoms. The van der Waals surface area contributed by atoms with Gasteiger partial charge in [-0.05, 0) is 31.5 Å². The first-order chi connectivity index (χ1) is 11.6. The van der Waals surface area contributed by atoms with Crippen molar-refractivity contribution < 1.29 is 4.39 Å². The van der Waals surface area contributed by atoms with E-state index in [9.17, 15) is 9.65 Å². The summed E-state index contributed by atoms with van der Waals surface area (Å²) in [4.78, 5) is 1.89. The predicted octanol–water partition coefficient (Wildman–Crippen LogP) is 1.78. The standard InChI is InChI=1S/C16H18FN7/c1-10-11(2)21-23-16(14(10)7-18)19-8-13-6-12(17)9-24(13)15-4-3-5-20-22-15/h3-5,12-13H,6,8-9H2,1-2H3,(H,19,23)/t12-,13-/m0/s1. The third-order valence-electron chi connectivity index (χ3n) is 4.29. The van der Waals surface area contributed by atoms with E-state index in [1.54, 1.807) is 12.3 Å². The summed E-state index contributed by atoms with van der Waals surface area (Å²) >= 11 is 0. The van der Waals surface area contributed by atoms with Crippen LogP contribution in [0.3, 0.4) is 0 Å². The molecule has 7 nitrogen and oxygen atoms in total. The number of aryl methyl sites for hydroxylation is 1. The van der Waals surface area contributed by atoms with Crippen LogP contribution in [0.15, 0.2) is 18.3 Å². The van der Waals surface area contributed by atoms with Crippen molar-refractivity contribution in [2.45, 2.75) is 32.5 Å². The maximum Gasteiger partial charge on any atom is 0.167 e. The van der Waals surface area contributed by atoms with Gasteiger partial charge in [-0.3, -0.25) is 0 Å². The van der Waals surface area contributed by atoms with Crippen molar-refractivity contribution in [3.63, 3.8) is 0 Å². The van der Waals surface area contributed by atoms with Gasteiger partial charge in [0.1, 0.15) is 17.8 Å². The zero-order valence-electron chi connectivity index (χ0n) is 13.6. The lowest BCUT2D eigenvalue weighted by molar-refractivity contribution is 0.357. The minimum Gasteiger partial charge on any atom is -0.365 e. The largest absolute Gasteiger partial charge is 0.365 e. The summed E-state index contributed by atoms with van der Waals surface area (Å²) in [6.45, 7) is 4.39. The van der Waals surface area contributed by atoms with Crippen LogP contribution in [0, 0.1) is 25.2 Å². The first-order valence-corrected chi connectivity index (χ1v) is 7.76. The highest BCUT2D eigenvalue weighted by Gasteiger charge is 2.33. The van der Waals surface area contributed by atoms with Crippen LogP contribution in [0.25, 0.3) is 0 Å². The highest BCUT2D eigenvalue weighted by atomic mass is 19.1. The Morgan fingerprint density at radius 2 is 2.21 bits per heavy atom. The van der Waals surface area contributed by atoms with Crippen molar-refractivity contribution >= 4 is 11.6 Å². The van der Waals surface area contributed by atoms with Crippen molar-refractivity contribution in [1.82, 2.24) is 20.4 Å². The van der Waals surface area contributed by atoms with Crippen LogP contribution >= 0.6 is 0 Å². The first-order valence-electron chi connectivity index (χ1n) is 7.76. The molecular weight excluding hydrogens is 309 g/mol.